The van der Waals surface area contributed by atoms with E-state index in [-0.39, 0.29) is 0 Å². The van der Waals surface area contributed by atoms with Crippen molar-refractivity contribution in [3.63, 3.8) is 0 Å². The van der Waals surface area contributed by atoms with Crippen molar-refractivity contribution in [1.29, 1.82) is 0 Å². The largest absolute Gasteiger partial charge is 0.357 e. The van der Waals surface area contributed by atoms with Crippen LogP contribution in [-0.2, 0) is 6.42 Å². The van der Waals surface area contributed by atoms with E-state index >= 15 is 0 Å². The van der Waals surface area contributed by atoms with E-state index in [4.69, 9.17) is 0 Å². The summed E-state index contributed by atoms with van der Waals surface area (Å²) in [6.07, 6.45) is 3.75. The van der Waals surface area contributed by atoms with E-state index in [9.17, 15) is 0 Å². The van der Waals surface area contributed by atoms with E-state index in [1.807, 2.05) is 0 Å². The minimum absolute atomic E-state index is 0.505. The van der Waals surface area contributed by atoms with Crippen LogP contribution in [0.3, 0.4) is 0 Å². The van der Waals surface area contributed by atoms with Crippen molar-refractivity contribution < 1.29 is 0 Å². The van der Waals surface area contributed by atoms with Crippen molar-refractivity contribution in [1.82, 2.24) is 10.3 Å². The van der Waals surface area contributed by atoms with E-state index < -0.39 is 0 Å². The van der Waals surface area contributed by atoms with Crippen LogP contribution in [0.5, 0.6) is 0 Å². The summed E-state index contributed by atoms with van der Waals surface area (Å²) in [5.74, 6) is 0. The molecule has 1 unspecified atom stereocenters. The lowest BCUT2D eigenvalue weighted by atomic mass is 9.91. The number of hydrogen-bond donors (Lipinski definition) is 2. The highest BCUT2D eigenvalue weighted by molar-refractivity contribution is 5.88. The molecule has 2 aromatic rings. The van der Waals surface area contributed by atoms with Gasteiger partial charge >= 0.3 is 0 Å². The molecule has 0 radical (unpaired) electrons. The van der Waals surface area contributed by atoms with Crippen LogP contribution in [-0.4, -0.2) is 12.0 Å². The van der Waals surface area contributed by atoms with Crippen molar-refractivity contribution in [3.8, 4) is 0 Å². The summed E-state index contributed by atoms with van der Waals surface area (Å²) in [6, 6.07) is 5.03. The molecule has 0 fully saturated rings. The zero-order chi connectivity index (χ0) is 12.0. The van der Waals surface area contributed by atoms with Crippen LogP contribution in [0.2, 0.25) is 0 Å². The van der Waals surface area contributed by atoms with Crippen LogP contribution in [0.15, 0.2) is 12.1 Å². The van der Waals surface area contributed by atoms with Crippen molar-refractivity contribution in [2.45, 2.75) is 39.2 Å². The van der Waals surface area contributed by atoms with Gasteiger partial charge in [-0.3, -0.25) is 0 Å². The van der Waals surface area contributed by atoms with E-state index in [0.29, 0.717) is 6.04 Å². The maximum Gasteiger partial charge on any atom is 0.0491 e. The average Bonchev–Trinajstić information content (AvgIpc) is 2.73. The highest BCUT2D eigenvalue weighted by atomic mass is 14.9. The Morgan fingerprint density at radius 1 is 1.29 bits per heavy atom. The maximum absolute atomic E-state index is 3.66. The number of benzene rings is 1. The first kappa shape index (κ1) is 10.8. The molecule has 0 bridgehead atoms. The second-order valence-corrected chi connectivity index (χ2v) is 5.18. The third-order valence-corrected chi connectivity index (χ3v) is 4.26. The summed E-state index contributed by atoms with van der Waals surface area (Å²) in [6.45, 7) is 4.40. The Morgan fingerprint density at radius 3 is 2.88 bits per heavy atom. The lowest BCUT2D eigenvalue weighted by Gasteiger charge is -2.21. The number of aromatic nitrogens is 1. The quantitative estimate of drug-likeness (QED) is 0.769. The zero-order valence-electron chi connectivity index (χ0n) is 10.9. The van der Waals surface area contributed by atoms with Gasteiger partial charge in [0.25, 0.3) is 0 Å². The maximum atomic E-state index is 3.66. The predicted octanol–water partition coefficient (Wildman–Crippen LogP) is 3.38. The number of aromatic amines is 1. The third kappa shape index (κ3) is 1.51. The topological polar surface area (TPSA) is 27.8 Å². The van der Waals surface area contributed by atoms with Crippen LogP contribution < -0.4 is 5.32 Å². The number of H-pyrrole nitrogens is 1. The Hall–Kier alpha value is -1.28. The molecule has 0 aliphatic heterocycles. The van der Waals surface area contributed by atoms with Gasteiger partial charge in [0.1, 0.15) is 0 Å². The van der Waals surface area contributed by atoms with Crippen molar-refractivity contribution >= 4 is 10.9 Å². The Labute approximate surface area is 102 Å². The molecule has 90 valence electrons. The van der Waals surface area contributed by atoms with Crippen molar-refractivity contribution in [2.24, 2.45) is 0 Å². The van der Waals surface area contributed by atoms with Crippen LogP contribution in [0.1, 0.15) is 41.3 Å². The first-order chi connectivity index (χ1) is 8.22. The molecule has 0 saturated heterocycles. The molecule has 3 rings (SSSR count). The molecule has 0 saturated carbocycles. The second kappa shape index (κ2) is 3.88. The van der Waals surface area contributed by atoms with Crippen molar-refractivity contribution in [3.05, 3.63) is 34.5 Å². The number of nitrogens with one attached hydrogen (secondary N) is 2. The SMILES string of the molecule is CNC1CCCc2c1[nH]c1c(C)c(C)ccc21. The van der Waals surface area contributed by atoms with Gasteiger partial charge in [-0.05, 0) is 56.8 Å². The smallest absolute Gasteiger partial charge is 0.0491 e. The number of fused-ring (bicyclic) bond motifs is 3. The molecule has 1 heterocycles. The molecule has 0 amide bonds. The standard InChI is InChI=1S/C15H20N2/c1-9-7-8-12-11-5-4-6-13(16-3)15(11)17-14(12)10(9)2/h7-8,13,16-17H,4-6H2,1-3H3. The summed E-state index contributed by atoms with van der Waals surface area (Å²) in [7, 11) is 2.06. The molecule has 0 spiro atoms. The number of hydrogen-bond acceptors (Lipinski definition) is 1. The van der Waals surface area contributed by atoms with E-state index in [0.717, 1.165) is 0 Å². The van der Waals surface area contributed by atoms with Crippen LogP contribution >= 0.6 is 0 Å². The monoisotopic (exact) mass is 228 g/mol. The molecule has 1 aromatic carbocycles. The zero-order valence-corrected chi connectivity index (χ0v) is 10.9. The Morgan fingerprint density at radius 2 is 2.12 bits per heavy atom. The third-order valence-electron chi connectivity index (χ3n) is 4.26. The van der Waals surface area contributed by atoms with Crippen LogP contribution in [0, 0.1) is 13.8 Å². The van der Waals surface area contributed by atoms with Crippen LogP contribution in [0.25, 0.3) is 10.9 Å². The Kier molecular flexibility index (Phi) is 2.48. The van der Waals surface area contributed by atoms with Gasteiger partial charge in [0, 0.05) is 22.6 Å². The van der Waals surface area contributed by atoms with E-state index in [1.54, 1.807) is 0 Å². The van der Waals surface area contributed by atoms with Gasteiger partial charge in [-0.2, -0.15) is 0 Å². The number of rotatable bonds is 1. The molecular weight excluding hydrogens is 208 g/mol. The molecule has 1 aliphatic carbocycles. The van der Waals surface area contributed by atoms with Crippen LogP contribution in [0.4, 0.5) is 0 Å². The number of aryl methyl sites for hydroxylation is 3. The first-order valence-electron chi connectivity index (χ1n) is 6.50. The Balaban J connectivity index is 2.29. The summed E-state index contributed by atoms with van der Waals surface area (Å²) in [4.78, 5) is 3.66. The molecule has 2 N–H and O–H groups in total. The van der Waals surface area contributed by atoms with Gasteiger partial charge in [-0.25, -0.2) is 0 Å². The summed E-state index contributed by atoms with van der Waals surface area (Å²) < 4.78 is 0. The minimum Gasteiger partial charge on any atom is -0.357 e. The fourth-order valence-corrected chi connectivity index (χ4v) is 3.07. The lowest BCUT2D eigenvalue weighted by Crippen LogP contribution is -2.21. The highest BCUT2D eigenvalue weighted by Crippen LogP contribution is 2.36. The van der Waals surface area contributed by atoms with Gasteiger partial charge < -0.3 is 10.3 Å². The van der Waals surface area contributed by atoms with Gasteiger partial charge in [0.15, 0.2) is 0 Å². The minimum atomic E-state index is 0.505. The fraction of sp³-hybridized carbons (Fsp3) is 0.467. The molecule has 2 heteroatoms. The average molecular weight is 228 g/mol. The first-order valence-corrected chi connectivity index (χ1v) is 6.50. The molecule has 17 heavy (non-hydrogen) atoms. The van der Waals surface area contributed by atoms with Crippen molar-refractivity contribution in [2.75, 3.05) is 7.05 Å². The molecule has 1 aromatic heterocycles. The summed E-state index contributed by atoms with van der Waals surface area (Å²) in [5, 5.41) is 4.86. The fourth-order valence-electron chi connectivity index (χ4n) is 3.07. The van der Waals surface area contributed by atoms with E-state index in [1.165, 1.54) is 52.5 Å². The molecular formula is C15H20N2. The highest BCUT2D eigenvalue weighted by Gasteiger charge is 2.23. The van der Waals surface area contributed by atoms with E-state index in [2.05, 4.69) is 43.3 Å². The summed E-state index contributed by atoms with van der Waals surface area (Å²) in [5.41, 5.74) is 7.07. The lowest BCUT2D eigenvalue weighted by molar-refractivity contribution is 0.489. The molecule has 1 aliphatic rings. The predicted molar refractivity (Wildman–Crippen MR) is 72.5 cm³/mol. The Bertz CT molecular complexity index is 566. The van der Waals surface area contributed by atoms with Gasteiger partial charge in [-0.1, -0.05) is 12.1 Å². The second-order valence-electron chi connectivity index (χ2n) is 5.18. The normalized spacial score (nSPS) is 19.6. The molecule has 1 atom stereocenters. The van der Waals surface area contributed by atoms with Gasteiger partial charge in [0.2, 0.25) is 0 Å². The van der Waals surface area contributed by atoms with Gasteiger partial charge in [-0.15, -0.1) is 0 Å². The molecule has 2 nitrogen and oxygen atoms in total. The summed E-state index contributed by atoms with van der Waals surface area (Å²) >= 11 is 0. The van der Waals surface area contributed by atoms with Gasteiger partial charge in [0.05, 0.1) is 0 Å².